The van der Waals surface area contributed by atoms with Crippen molar-refractivity contribution in [3.63, 3.8) is 0 Å². The number of ether oxygens (including phenoxy) is 1. The Morgan fingerprint density at radius 3 is 2.68 bits per heavy atom. The maximum absolute atomic E-state index is 13.4. The van der Waals surface area contributed by atoms with E-state index in [-0.39, 0.29) is 36.6 Å². The number of carbonyl (C=O) groups is 4. The average Bonchev–Trinajstić information content (AvgIpc) is 3.54. The molecule has 1 aromatic carbocycles. The molecule has 1 aromatic rings. The first-order chi connectivity index (χ1) is 15.0. The number of benzene rings is 1. The highest BCUT2D eigenvalue weighted by atomic mass is 16.5. The Morgan fingerprint density at radius 2 is 1.94 bits per heavy atom. The van der Waals surface area contributed by atoms with Crippen LogP contribution >= 0.6 is 0 Å². The molecule has 1 aliphatic carbocycles. The number of carbonyl (C=O) groups excluding carboxylic acids is 4. The highest BCUT2D eigenvalue weighted by molar-refractivity contribution is 6.15. The Hall–Kier alpha value is -2.90. The zero-order valence-electron chi connectivity index (χ0n) is 17.9. The molecule has 166 valence electrons. The van der Waals surface area contributed by atoms with Crippen LogP contribution in [-0.2, 0) is 19.1 Å². The van der Waals surface area contributed by atoms with Crippen LogP contribution in [0.4, 0.5) is 5.69 Å². The largest absolute Gasteiger partial charge is 0.452 e. The van der Waals surface area contributed by atoms with Crippen LogP contribution in [0.15, 0.2) is 24.3 Å². The Balaban J connectivity index is 1.52. The van der Waals surface area contributed by atoms with E-state index in [1.807, 2.05) is 0 Å². The Labute approximate surface area is 181 Å². The molecule has 0 aromatic heterocycles. The van der Waals surface area contributed by atoms with Crippen LogP contribution < -0.4 is 10.2 Å². The fourth-order valence-corrected chi connectivity index (χ4v) is 4.59. The van der Waals surface area contributed by atoms with Gasteiger partial charge in [-0.05, 0) is 31.4 Å². The van der Waals surface area contributed by atoms with Gasteiger partial charge in [-0.25, -0.2) is 4.79 Å². The maximum atomic E-state index is 13.4. The van der Waals surface area contributed by atoms with E-state index in [0.29, 0.717) is 17.8 Å². The van der Waals surface area contributed by atoms with E-state index in [1.54, 1.807) is 24.3 Å². The van der Waals surface area contributed by atoms with Crippen molar-refractivity contribution >= 4 is 29.4 Å². The van der Waals surface area contributed by atoms with Crippen molar-refractivity contribution in [1.82, 2.24) is 10.2 Å². The number of para-hydroxylation sites is 1. The first-order valence-electron chi connectivity index (χ1n) is 11.2. The Morgan fingerprint density at radius 1 is 1.16 bits per heavy atom. The van der Waals surface area contributed by atoms with Crippen molar-refractivity contribution in [3.8, 4) is 0 Å². The van der Waals surface area contributed by atoms with Crippen molar-refractivity contribution in [2.45, 2.75) is 70.0 Å². The summed E-state index contributed by atoms with van der Waals surface area (Å²) >= 11 is 0. The van der Waals surface area contributed by atoms with Crippen molar-refractivity contribution < 1.29 is 23.9 Å². The number of nitrogens with zero attached hydrogens (tertiary/aromatic N) is 2. The van der Waals surface area contributed by atoms with Gasteiger partial charge in [-0.3, -0.25) is 19.3 Å². The fraction of sp³-hybridized carbons (Fsp3) is 0.565. The summed E-state index contributed by atoms with van der Waals surface area (Å²) in [6, 6.07) is 6.76. The van der Waals surface area contributed by atoms with E-state index in [4.69, 9.17) is 4.74 Å². The minimum atomic E-state index is -1.51. The van der Waals surface area contributed by atoms with Gasteiger partial charge in [-0.15, -0.1) is 0 Å². The van der Waals surface area contributed by atoms with Gasteiger partial charge in [0.05, 0.1) is 11.3 Å². The second-order valence-electron chi connectivity index (χ2n) is 8.46. The number of hydrogen-bond donors (Lipinski definition) is 1. The van der Waals surface area contributed by atoms with E-state index in [9.17, 15) is 19.2 Å². The van der Waals surface area contributed by atoms with Crippen molar-refractivity contribution in [3.05, 3.63) is 29.8 Å². The van der Waals surface area contributed by atoms with Gasteiger partial charge in [0.2, 0.25) is 11.6 Å². The molecule has 0 spiro atoms. The van der Waals surface area contributed by atoms with Gasteiger partial charge in [0.15, 0.2) is 6.61 Å². The number of unbranched alkanes of at least 4 members (excludes halogenated alkanes) is 3. The van der Waals surface area contributed by atoms with Gasteiger partial charge < -0.3 is 15.0 Å². The van der Waals surface area contributed by atoms with Crippen LogP contribution in [0.25, 0.3) is 0 Å². The zero-order valence-corrected chi connectivity index (χ0v) is 17.9. The van der Waals surface area contributed by atoms with Gasteiger partial charge in [-0.2, -0.15) is 0 Å². The molecule has 31 heavy (non-hydrogen) atoms. The summed E-state index contributed by atoms with van der Waals surface area (Å²) in [4.78, 5) is 54.7. The summed E-state index contributed by atoms with van der Waals surface area (Å²) in [5.74, 6) is -1.57. The third kappa shape index (κ3) is 3.79. The minimum Gasteiger partial charge on any atom is -0.452 e. The zero-order chi connectivity index (χ0) is 22.0. The predicted octanol–water partition coefficient (Wildman–Crippen LogP) is 2.37. The molecule has 8 nitrogen and oxygen atoms in total. The lowest BCUT2D eigenvalue weighted by Crippen LogP contribution is -2.69. The molecule has 2 aliphatic heterocycles. The monoisotopic (exact) mass is 427 g/mol. The van der Waals surface area contributed by atoms with Crippen LogP contribution in [-0.4, -0.2) is 53.4 Å². The molecule has 0 unspecified atom stereocenters. The lowest BCUT2D eigenvalue weighted by molar-refractivity contribution is -0.160. The van der Waals surface area contributed by atoms with E-state index < -0.39 is 18.2 Å². The summed E-state index contributed by atoms with van der Waals surface area (Å²) < 4.78 is 5.41. The topological polar surface area (TPSA) is 96.0 Å². The highest BCUT2D eigenvalue weighted by Crippen LogP contribution is 2.49. The van der Waals surface area contributed by atoms with Gasteiger partial charge in [0.25, 0.3) is 11.8 Å². The van der Waals surface area contributed by atoms with E-state index >= 15 is 0 Å². The number of amides is 3. The van der Waals surface area contributed by atoms with Crippen molar-refractivity contribution in [2.24, 2.45) is 0 Å². The highest BCUT2D eigenvalue weighted by Gasteiger charge is 2.64. The molecule has 1 atom stereocenters. The van der Waals surface area contributed by atoms with Crippen molar-refractivity contribution in [2.75, 3.05) is 18.1 Å². The SMILES string of the molecule is CCCCCCNC(=O)COC(=O)[C@@]12CCC(=O)N1c1ccccc1C(=O)N2C1CC1. The number of rotatable bonds is 9. The number of anilines is 1. The summed E-state index contributed by atoms with van der Waals surface area (Å²) in [5.41, 5.74) is -0.660. The van der Waals surface area contributed by atoms with E-state index in [1.165, 1.54) is 9.80 Å². The molecule has 1 N–H and O–H groups in total. The summed E-state index contributed by atoms with van der Waals surface area (Å²) in [5, 5.41) is 2.76. The molecule has 1 saturated carbocycles. The van der Waals surface area contributed by atoms with Gasteiger partial charge in [0, 0.05) is 25.4 Å². The second kappa shape index (κ2) is 8.69. The second-order valence-corrected chi connectivity index (χ2v) is 8.46. The molecular formula is C23H29N3O5. The molecule has 4 rings (SSSR count). The molecule has 0 bridgehead atoms. The average molecular weight is 428 g/mol. The van der Waals surface area contributed by atoms with E-state index in [0.717, 1.165) is 38.5 Å². The summed E-state index contributed by atoms with van der Waals surface area (Å²) in [6.45, 7) is 2.23. The summed E-state index contributed by atoms with van der Waals surface area (Å²) in [6.07, 6.45) is 6.01. The summed E-state index contributed by atoms with van der Waals surface area (Å²) in [7, 11) is 0. The first kappa shape index (κ1) is 21.3. The Bertz CT molecular complexity index is 897. The normalized spacial score (nSPS) is 22.2. The first-order valence-corrected chi connectivity index (χ1v) is 11.2. The lowest BCUT2D eigenvalue weighted by atomic mass is 9.96. The number of nitrogens with one attached hydrogen (secondary N) is 1. The van der Waals surface area contributed by atoms with Crippen LogP contribution in [0.5, 0.6) is 0 Å². The van der Waals surface area contributed by atoms with Gasteiger partial charge in [-0.1, -0.05) is 38.3 Å². The standard InChI is InChI=1S/C23H29N3O5/c1-2-3-4-7-14-24-19(27)15-31-22(30)23-13-12-20(28)26(23)18-9-6-5-8-17(18)21(29)25(23)16-10-11-16/h5-6,8-9,16H,2-4,7,10-15H2,1H3,(H,24,27)/t23-/m1/s1. The smallest absolute Gasteiger partial charge is 0.354 e. The third-order valence-corrected chi connectivity index (χ3v) is 6.23. The maximum Gasteiger partial charge on any atom is 0.354 e. The van der Waals surface area contributed by atoms with Crippen LogP contribution in [0.2, 0.25) is 0 Å². The van der Waals surface area contributed by atoms with E-state index in [2.05, 4.69) is 12.2 Å². The quantitative estimate of drug-likeness (QED) is 0.482. The molecule has 3 aliphatic rings. The number of esters is 1. The molecule has 2 fully saturated rings. The minimum absolute atomic E-state index is 0.103. The molecule has 8 heteroatoms. The van der Waals surface area contributed by atoms with Crippen molar-refractivity contribution in [1.29, 1.82) is 0 Å². The Kier molecular flexibility index (Phi) is 5.98. The third-order valence-electron chi connectivity index (χ3n) is 6.23. The predicted molar refractivity (Wildman–Crippen MR) is 113 cm³/mol. The van der Waals surface area contributed by atoms with Gasteiger partial charge >= 0.3 is 5.97 Å². The number of fused-ring (bicyclic) bond motifs is 3. The number of hydrogen-bond acceptors (Lipinski definition) is 5. The molecule has 2 heterocycles. The van der Waals surface area contributed by atoms with Crippen LogP contribution in [0, 0.1) is 0 Å². The van der Waals surface area contributed by atoms with Gasteiger partial charge in [0.1, 0.15) is 0 Å². The molecule has 3 amide bonds. The molecular weight excluding hydrogens is 398 g/mol. The molecule has 1 saturated heterocycles. The lowest BCUT2D eigenvalue weighted by Gasteiger charge is -2.48. The fourth-order valence-electron chi connectivity index (χ4n) is 4.59. The van der Waals surface area contributed by atoms with Crippen LogP contribution in [0.1, 0.15) is 68.6 Å². The van der Waals surface area contributed by atoms with Crippen LogP contribution in [0.3, 0.4) is 0 Å². The molecule has 0 radical (unpaired) electrons.